The Labute approximate surface area is 152 Å². The van der Waals surface area contributed by atoms with E-state index in [4.69, 9.17) is 16.1 Å². The third kappa shape index (κ3) is 3.50. The third-order valence-electron chi connectivity index (χ3n) is 3.44. The number of hydrogen-bond donors (Lipinski definition) is 0. The fourth-order valence-electron chi connectivity index (χ4n) is 2.24. The number of halogens is 1. The van der Waals surface area contributed by atoms with Crippen molar-refractivity contribution in [2.75, 3.05) is 0 Å². The average molecular weight is 374 g/mol. The van der Waals surface area contributed by atoms with Crippen LogP contribution in [0.3, 0.4) is 0 Å². The zero-order valence-electron chi connectivity index (χ0n) is 12.5. The molecule has 0 unspecified atom stereocenters. The van der Waals surface area contributed by atoms with E-state index >= 15 is 0 Å². The van der Waals surface area contributed by atoms with E-state index in [1.54, 1.807) is 23.5 Å². The Hall–Kier alpha value is -1.76. The molecule has 7 heteroatoms. The molecule has 4 rings (SSSR count). The molecule has 4 nitrogen and oxygen atoms in total. The van der Waals surface area contributed by atoms with Gasteiger partial charge in [0.2, 0.25) is 11.7 Å². The van der Waals surface area contributed by atoms with Crippen molar-refractivity contribution >= 4 is 45.2 Å². The molecule has 0 bridgehead atoms. The second-order valence-electron chi connectivity index (χ2n) is 5.10. The molecular weight excluding hydrogens is 362 g/mol. The van der Waals surface area contributed by atoms with E-state index < -0.39 is 0 Å². The number of thioether (sulfide) groups is 2. The molecule has 1 aliphatic heterocycles. The smallest absolute Gasteiger partial charge is 0.237 e. The summed E-state index contributed by atoms with van der Waals surface area (Å²) in [7, 11) is 0. The molecule has 1 aliphatic rings. The maximum absolute atomic E-state index is 5.89. The van der Waals surface area contributed by atoms with Gasteiger partial charge in [0.15, 0.2) is 0 Å². The van der Waals surface area contributed by atoms with Gasteiger partial charge in [-0.1, -0.05) is 58.5 Å². The Morgan fingerprint density at radius 3 is 2.83 bits per heavy atom. The van der Waals surface area contributed by atoms with Crippen LogP contribution in [-0.2, 0) is 11.5 Å². The van der Waals surface area contributed by atoms with Gasteiger partial charge >= 0.3 is 0 Å². The van der Waals surface area contributed by atoms with Crippen LogP contribution < -0.4 is 0 Å². The van der Waals surface area contributed by atoms with Crippen LogP contribution in [0.1, 0.15) is 11.5 Å². The van der Waals surface area contributed by atoms with Crippen LogP contribution in [0.5, 0.6) is 0 Å². The predicted molar refractivity (Wildman–Crippen MR) is 101 cm³/mol. The lowest BCUT2D eigenvalue weighted by molar-refractivity contribution is 0.392. The van der Waals surface area contributed by atoms with E-state index in [1.807, 2.05) is 42.5 Å². The summed E-state index contributed by atoms with van der Waals surface area (Å²) in [6.45, 7) is 0. The monoisotopic (exact) mass is 373 g/mol. The molecule has 0 amide bonds. The van der Waals surface area contributed by atoms with Crippen molar-refractivity contribution in [3.8, 4) is 11.4 Å². The van der Waals surface area contributed by atoms with Crippen LogP contribution in [0.15, 0.2) is 58.0 Å². The van der Waals surface area contributed by atoms with E-state index in [1.165, 1.54) is 5.56 Å². The van der Waals surface area contributed by atoms with Gasteiger partial charge in [0.25, 0.3) is 0 Å². The lowest BCUT2D eigenvalue weighted by atomic mass is 10.2. The second-order valence-corrected chi connectivity index (χ2v) is 7.73. The zero-order valence-corrected chi connectivity index (χ0v) is 14.9. The summed E-state index contributed by atoms with van der Waals surface area (Å²) < 4.78 is 6.36. The molecule has 120 valence electrons. The molecule has 3 aromatic rings. The lowest BCUT2D eigenvalue weighted by Gasteiger charge is -2.13. The summed E-state index contributed by atoms with van der Waals surface area (Å²) >= 11 is 9.25. The first-order valence-corrected chi connectivity index (χ1v) is 9.63. The maximum atomic E-state index is 5.89. The maximum Gasteiger partial charge on any atom is 0.237 e. The van der Waals surface area contributed by atoms with Crippen LogP contribution >= 0.6 is 35.1 Å². The van der Waals surface area contributed by atoms with Crippen molar-refractivity contribution < 1.29 is 4.52 Å². The normalized spacial score (nSPS) is 13.5. The minimum atomic E-state index is 0.575. The van der Waals surface area contributed by atoms with Crippen LogP contribution in [0.2, 0.25) is 5.02 Å². The molecule has 2 aromatic carbocycles. The number of rotatable bonds is 3. The second kappa shape index (κ2) is 7.01. The van der Waals surface area contributed by atoms with Gasteiger partial charge < -0.3 is 4.52 Å². The molecule has 0 spiro atoms. The summed E-state index contributed by atoms with van der Waals surface area (Å²) in [6, 6.07) is 15.6. The zero-order chi connectivity index (χ0) is 16.4. The predicted octanol–water partition coefficient (Wildman–Crippen LogP) is 5.56. The highest BCUT2D eigenvalue weighted by Crippen LogP contribution is 2.35. The lowest BCUT2D eigenvalue weighted by Crippen LogP contribution is -1.96. The molecule has 0 saturated heterocycles. The van der Waals surface area contributed by atoms with E-state index in [-0.39, 0.29) is 0 Å². The van der Waals surface area contributed by atoms with Crippen molar-refractivity contribution in [2.24, 2.45) is 4.99 Å². The highest BCUT2D eigenvalue weighted by atomic mass is 35.5. The molecule has 1 aromatic heterocycles. The van der Waals surface area contributed by atoms with Crippen LogP contribution in [0, 0.1) is 0 Å². The average Bonchev–Trinajstić information content (AvgIpc) is 3.09. The highest BCUT2D eigenvalue weighted by Gasteiger charge is 2.15. The first kappa shape index (κ1) is 15.7. The van der Waals surface area contributed by atoms with Gasteiger partial charge in [-0.25, -0.2) is 4.99 Å². The molecule has 0 radical (unpaired) electrons. The Balaban J connectivity index is 1.44. The molecule has 24 heavy (non-hydrogen) atoms. The van der Waals surface area contributed by atoms with Gasteiger partial charge in [-0.3, -0.25) is 0 Å². The summed E-state index contributed by atoms with van der Waals surface area (Å²) in [5.41, 5.74) is 3.21. The van der Waals surface area contributed by atoms with Gasteiger partial charge in [-0.2, -0.15) is 4.98 Å². The standard InChI is InChI=1S/C17H12ClN3OS2/c18-13-7-5-11(6-8-13)16-20-15(22-21-16)10-24-17-19-14-4-2-1-3-12(14)9-23-17/h1-8H,9-10H2. The Kier molecular flexibility index (Phi) is 4.60. The first-order valence-electron chi connectivity index (χ1n) is 7.29. The molecule has 2 heterocycles. The summed E-state index contributed by atoms with van der Waals surface area (Å²) in [6.07, 6.45) is 0. The van der Waals surface area contributed by atoms with Crippen molar-refractivity contribution in [3.05, 3.63) is 65.0 Å². The number of para-hydroxylation sites is 1. The number of nitrogens with zero attached hydrogens (tertiary/aromatic N) is 3. The summed E-state index contributed by atoms with van der Waals surface area (Å²) in [5, 5.41) is 4.71. The molecule has 0 fully saturated rings. The number of aliphatic imine (C=N–C) groups is 1. The van der Waals surface area contributed by atoms with Crippen molar-refractivity contribution in [1.29, 1.82) is 0 Å². The Morgan fingerprint density at radius 2 is 1.96 bits per heavy atom. The van der Waals surface area contributed by atoms with Gasteiger partial charge in [0.1, 0.15) is 4.38 Å². The molecule has 0 aliphatic carbocycles. The number of benzene rings is 2. The summed E-state index contributed by atoms with van der Waals surface area (Å²) in [5.74, 6) is 2.72. The molecule has 0 atom stereocenters. The van der Waals surface area contributed by atoms with Crippen LogP contribution in [0.25, 0.3) is 11.4 Å². The quantitative estimate of drug-likeness (QED) is 0.601. The molecule has 0 N–H and O–H groups in total. The number of aromatic nitrogens is 2. The van der Waals surface area contributed by atoms with E-state index in [0.29, 0.717) is 22.5 Å². The van der Waals surface area contributed by atoms with Crippen LogP contribution in [-0.4, -0.2) is 14.5 Å². The topological polar surface area (TPSA) is 51.3 Å². The van der Waals surface area contributed by atoms with Crippen molar-refractivity contribution in [2.45, 2.75) is 11.5 Å². The SMILES string of the molecule is Clc1ccc(-c2noc(CSC3=Nc4ccccc4CS3)n2)cc1. The van der Waals surface area contributed by atoms with Gasteiger partial charge in [0, 0.05) is 16.3 Å². The number of hydrogen-bond acceptors (Lipinski definition) is 6. The fourth-order valence-corrected chi connectivity index (χ4v) is 4.27. The van der Waals surface area contributed by atoms with E-state index in [9.17, 15) is 0 Å². The third-order valence-corrected chi connectivity index (χ3v) is 5.93. The summed E-state index contributed by atoms with van der Waals surface area (Å²) in [4.78, 5) is 9.11. The highest BCUT2D eigenvalue weighted by molar-refractivity contribution is 8.38. The molecule has 0 saturated carbocycles. The van der Waals surface area contributed by atoms with Gasteiger partial charge in [-0.15, -0.1) is 0 Å². The van der Waals surface area contributed by atoms with Gasteiger partial charge in [0.05, 0.1) is 11.4 Å². The van der Waals surface area contributed by atoms with Crippen LogP contribution in [0.4, 0.5) is 5.69 Å². The van der Waals surface area contributed by atoms with E-state index in [2.05, 4.69) is 21.2 Å². The minimum absolute atomic E-state index is 0.575. The van der Waals surface area contributed by atoms with Crippen molar-refractivity contribution in [3.63, 3.8) is 0 Å². The molecular formula is C17H12ClN3OS2. The number of fused-ring (bicyclic) bond motifs is 1. The fraction of sp³-hybridized carbons (Fsp3) is 0.118. The Bertz CT molecular complexity index is 893. The minimum Gasteiger partial charge on any atom is -0.338 e. The van der Waals surface area contributed by atoms with Crippen molar-refractivity contribution in [1.82, 2.24) is 10.1 Å². The largest absolute Gasteiger partial charge is 0.338 e. The first-order chi connectivity index (χ1) is 11.8. The van der Waals surface area contributed by atoms with E-state index in [0.717, 1.165) is 21.4 Å². The van der Waals surface area contributed by atoms with Gasteiger partial charge in [-0.05, 0) is 35.9 Å². The Morgan fingerprint density at radius 1 is 1.12 bits per heavy atom.